The SMILES string of the molecule is CC(C)(C#N)c1cccc(-n2c(=O)[nH]c(=O)c3cnc4ccc(-c5ccc(CO)nc5)nc4c32)c1. The van der Waals surface area contributed by atoms with E-state index < -0.39 is 16.7 Å². The molecule has 4 aromatic heterocycles. The van der Waals surface area contributed by atoms with Crippen molar-refractivity contribution in [2.45, 2.75) is 25.9 Å². The molecule has 2 N–H and O–H groups in total. The Hall–Kier alpha value is -4.68. The quantitative estimate of drug-likeness (QED) is 0.390. The number of fused-ring (bicyclic) bond motifs is 3. The second kappa shape index (κ2) is 8.27. The first-order valence-electron chi connectivity index (χ1n) is 10.9. The highest BCUT2D eigenvalue weighted by atomic mass is 16.3. The summed E-state index contributed by atoms with van der Waals surface area (Å²) >= 11 is 0. The normalized spacial score (nSPS) is 11.6. The van der Waals surface area contributed by atoms with E-state index in [0.717, 1.165) is 5.56 Å². The number of hydrogen-bond donors (Lipinski definition) is 2. The predicted octanol–water partition coefficient (Wildman–Crippen LogP) is 2.98. The number of H-pyrrole nitrogens is 1. The maximum Gasteiger partial charge on any atom is 0.333 e. The molecule has 5 aromatic rings. The highest BCUT2D eigenvalue weighted by Gasteiger charge is 2.21. The zero-order valence-corrected chi connectivity index (χ0v) is 19.0. The van der Waals surface area contributed by atoms with Crippen LogP contribution in [0.25, 0.3) is 38.9 Å². The Kier molecular flexibility index (Phi) is 5.23. The molecule has 172 valence electrons. The number of benzene rings is 1. The second-order valence-electron chi connectivity index (χ2n) is 8.66. The number of nitrogens with one attached hydrogen (secondary N) is 1. The average molecular weight is 464 g/mol. The van der Waals surface area contributed by atoms with E-state index in [2.05, 4.69) is 21.0 Å². The van der Waals surface area contributed by atoms with Gasteiger partial charge in [0, 0.05) is 18.0 Å². The molecule has 4 heterocycles. The molecule has 1 aromatic carbocycles. The van der Waals surface area contributed by atoms with Crippen LogP contribution in [-0.2, 0) is 12.0 Å². The van der Waals surface area contributed by atoms with Crippen LogP contribution in [-0.4, -0.2) is 29.6 Å². The molecule has 0 aliphatic heterocycles. The van der Waals surface area contributed by atoms with E-state index in [-0.39, 0.29) is 12.0 Å². The van der Waals surface area contributed by atoms with E-state index >= 15 is 0 Å². The number of nitrogens with zero attached hydrogens (tertiary/aromatic N) is 5. The molecule has 0 saturated carbocycles. The van der Waals surface area contributed by atoms with Gasteiger partial charge in [0.1, 0.15) is 5.52 Å². The van der Waals surface area contributed by atoms with Gasteiger partial charge in [-0.15, -0.1) is 0 Å². The number of aliphatic hydroxyl groups is 1. The van der Waals surface area contributed by atoms with E-state index in [1.165, 1.54) is 10.8 Å². The number of aromatic amines is 1. The molecule has 9 nitrogen and oxygen atoms in total. The molecule has 35 heavy (non-hydrogen) atoms. The minimum Gasteiger partial charge on any atom is -0.390 e. The third-order valence-corrected chi connectivity index (χ3v) is 5.97. The minimum atomic E-state index is -0.777. The Morgan fingerprint density at radius 1 is 1.09 bits per heavy atom. The highest BCUT2D eigenvalue weighted by Crippen LogP contribution is 2.28. The van der Waals surface area contributed by atoms with Gasteiger partial charge in [-0.05, 0) is 55.8 Å². The van der Waals surface area contributed by atoms with Crippen molar-refractivity contribution >= 4 is 21.9 Å². The third kappa shape index (κ3) is 3.76. The summed E-state index contributed by atoms with van der Waals surface area (Å²) in [4.78, 5) is 41.5. The molecule has 5 rings (SSSR count). The van der Waals surface area contributed by atoms with Gasteiger partial charge in [0.15, 0.2) is 0 Å². The summed E-state index contributed by atoms with van der Waals surface area (Å²) in [5.74, 6) is 0. The van der Waals surface area contributed by atoms with Gasteiger partial charge in [0.25, 0.3) is 5.56 Å². The first-order chi connectivity index (χ1) is 16.8. The summed E-state index contributed by atoms with van der Waals surface area (Å²) in [6.45, 7) is 3.42. The van der Waals surface area contributed by atoms with E-state index in [1.54, 1.807) is 62.5 Å². The topological polar surface area (TPSA) is 138 Å². The fourth-order valence-electron chi connectivity index (χ4n) is 3.94. The fourth-order valence-corrected chi connectivity index (χ4v) is 3.94. The molecular formula is C26H20N6O3. The van der Waals surface area contributed by atoms with Gasteiger partial charge in [-0.1, -0.05) is 12.1 Å². The van der Waals surface area contributed by atoms with Crippen LogP contribution in [0.1, 0.15) is 25.1 Å². The molecule has 0 aliphatic carbocycles. The van der Waals surface area contributed by atoms with Crippen molar-refractivity contribution in [2.24, 2.45) is 0 Å². The molecule has 0 saturated heterocycles. The third-order valence-electron chi connectivity index (χ3n) is 5.97. The van der Waals surface area contributed by atoms with Crippen LogP contribution in [0.4, 0.5) is 0 Å². The summed E-state index contributed by atoms with van der Waals surface area (Å²) in [5, 5.41) is 19.1. The number of aromatic nitrogens is 5. The van der Waals surface area contributed by atoms with Gasteiger partial charge in [-0.2, -0.15) is 5.26 Å². The Balaban J connectivity index is 1.84. The number of hydrogen-bond acceptors (Lipinski definition) is 7. The summed E-state index contributed by atoms with van der Waals surface area (Å²) < 4.78 is 1.39. The molecule has 9 heteroatoms. The van der Waals surface area contributed by atoms with Crippen molar-refractivity contribution in [3.05, 3.63) is 93.0 Å². The molecule has 0 aliphatic rings. The molecule has 0 radical (unpaired) electrons. The summed E-state index contributed by atoms with van der Waals surface area (Å²) in [5.41, 5.74) is 2.26. The monoisotopic (exact) mass is 464 g/mol. The van der Waals surface area contributed by atoms with Crippen LogP contribution in [0.3, 0.4) is 0 Å². The van der Waals surface area contributed by atoms with Crippen molar-refractivity contribution in [1.29, 1.82) is 5.26 Å². The molecule has 0 spiro atoms. The highest BCUT2D eigenvalue weighted by molar-refractivity contribution is 6.01. The van der Waals surface area contributed by atoms with E-state index in [9.17, 15) is 20.0 Å². The Labute approximate surface area is 199 Å². The maximum absolute atomic E-state index is 13.1. The predicted molar refractivity (Wildman–Crippen MR) is 131 cm³/mol. The van der Waals surface area contributed by atoms with Crippen LogP contribution in [0.15, 0.2) is 70.5 Å². The van der Waals surface area contributed by atoms with Crippen molar-refractivity contribution in [2.75, 3.05) is 0 Å². The Morgan fingerprint density at radius 3 is 2.63 bits per heavy atom. The van der Waals surface area contributed by atoms with Crippen LogP contribution in [0.5, 0.6) is 0 Å². The molecule has 0 fully saturated rings. The number of aliphatic hydroxyl groups excluding tert-OH is 1. The van der Waals surface area contributed by atoms with Gasteiger partial charge < -0.3 is 5.11 Å². The smallest absolute Gasteiger partial charge is 0.333 e. The van der Waals surface area contributed by atoms with Crippen LogP contribution in [0, 0.1) is 11.3 Å². The fraction of sp³-hybridized carbons (Fsp3) is 0.154. The van der Waals surface area contributed by atoms with Crippen molar-refractivity contribution in [1.82, 2.24) is 24.5 Å². The standard InChI is InChI=1S/C26H20N6O3/c1-26(2,14-27)16-4-3-5-18(10-16)32-23-19(24(34)31-25(32)35)12-29-21-9-8-20(30-22(21)23)15-6-7-17(13-33)28-11-15/h3-12,33H,13H2,1-2H3,(H,31,34,35). The first-order valence-corrected chi connectivity index (χ1v) is 10.9. The molecule has 0 unspecified atom stereocenters. The lowest BCUT2D eigenvalue weighted by atomic mass is 9.86. The van der Waals surface area contributed by atoms with Gasteiger partial charge in [0.05, 0.1) is 51.6 Å². The first kappa shape index (κ1) is 22.1. The molecular weight excluding hydrogens is 444 g/mol. The molecule has 0 atom stereocenters. The lowest BCUT2D eigenvalue weighted by Gasteiger charge is -2.18. The maximum atomic E-state index is 13.1. The Bertz CT molecular complexity index is 1760. The van der Waals surface area contributed by atoms with Crippen molar-refractivity contribution < 1.29 is 5.11 Å². The summed E-state index contributed by atoms with van der Waals surface area (Å²) in [6.07, 6.45) is 3.03. The van der Waals surface area contributed by atoms with Crippen LogP contribution in [0.2, 0.25) is 0 Å². The van der Waals surface area contributed by atoms with E-state index in [4.69, 9.17) is 4.98 Å². The van der Waals surface area contributed by atoms with E-state index in [0.29, 0.717) is 39.2 Å². The Morgan fingerprint density at radius 2 is 1.91 bits per heavy atom. The number of nitriles is 1. The second-order valence-corrected chi connectivity index (χ2v) is 8.66. The summed E-state index contributed by atoms with van der Waals surface area (Å²) in [7, 11) is 0. The van der Waals surface area contributed by atoms with Crippen LogP contribution >= 0.6 is 0 Å². The van der Waals surface area contributed by atoms with Crippen molar-refractivity contribution in [3.63, 3.8) is 0 Å². The lowest BCUT2D eigenvalue weighted by Crippen LogP contribution is -2.30. The summed E-state index contributed by atoms with van der Waals surface area (Å²) in [6, 6.07) is 16.4. The van der Waals surface area contributed by atoms with E-state index in [1.807, 2.05) is 6.07 Å². The zero-order chi connectivity index (χ0) is 24.7. The van der Waals surface area contributed by atoms with Gasteiger partial charge >= 0.3 is 5.69 Å². The van der Waals surface area contributed by atoms with Gasteiger partial charge in [-0.3, -0.25) is 24.3 Å². The number of rotatable bonds is 4. The molecule has 0 amide bonds. The minimum absolute atomic E-state index is 0.170. The van der Waals surface area contributed by atoms with Gasteiger partial charge in [0.2, 0.25) is 0 Å². The average Bonchev–Trinajstić information content (AvgIpc) is 2.88. The lowest BCUT2D eigenvalue weighted by molar-refractivity contribution is 0.277. The zero-order valence-electron chi connectivity index (χ0n) is 19.0. The van der Waals surface area contributed by atoms with Gasteiger partial charge in [-0.25, -0.2) is 9.78 Å². The van der Waals surface area contributed by atoms with Crippen LogP contribution < -0.4 is 11.2 Å². The number of pyridine rings is 3. The van der Waals surface area contributed by atoms with Crippen molar-refractivity contribution in [3.8, 4) is 23.0 Å². The largest absolute Gasteiger partial charge is 0.390 e. The molecule has 0 bridgehead atoms.